The third-order valence-electron chi connectivity index (χ3n) is 3.42. The van der Waals surface area contributed by atoms with Gasteiger partial charge in [0.25, 0.3) is 0 Å². The van der Waals surface area contributed by atoms with E-state index < -0.39 is 0 Å². The van der Waals surface area contributed by atoms with Crippen molar-refractivity contribution in [3.05, 3.63) is 65.5 Å². The Morgan fingerprint density at radius 2 is 1.75 bits per heavy atom. The number of benzene rings is 2. The number of nitrogens with one attached hydrogen (secondary N) is 2. The summed E-state index contributed by atoms with van der Waals surface area (Å²) in [6.07, 6.45) is 0.637. The van der Waals surface area contributed by atoms with Crippen molar-refractivity contribution in [1.82, 2.24) is 10.6 Å². The molecule has 6 heteroatoms. The third-order valence-corrected chi connectivity index (χ3v) is 3.42. The summed E-state index contributed by atoms with van der Waals surface area (Å²) in [5.74, 6) is 0.296. The van der Waals surface area contributed by atoms with E-state index in [0.29, 0.717) is 31.9 Å². The molecule has 0 aromatic heterocycles. The molecular formula is C18H21FN2O3. The maximum Gasteiger partial charge on any atom is 0.315 e. The molecule has 2 aromatic rings. The number of amides is 2. The fraction of sp³-hybridized carbons (Fsp3) is 0.278. The standard InChI is InChI=1S/C18H21FN2O3/c19-16-6-8-17(9-7-16)24-11-3-10-20-18(23)21-12-14-4-1-2-5-15(14)13-22/h1-2,4-9,22H,3,10-13H2,(H2,20,21,23). The summed E-state index contributed by atoms with van der Waals surface area (Å²) >= 11 is 0. The number of ether oxygens (including phenoxy) is 1. The van der Waals surface area contributed by atoms with Gasteiger partial charge in [-0.25, -0.2) is 9.18 Å². The van der Waals surface area contributed by atoms with Gasteiger partial charge >= 0.3 is 6.03 Å². The number of hydrogen-bond donors (Lipinski definition) is 3. The number of carbonyl (C=O) groups excluding carboxylic acids is 1. The average Bonchev–Trinajstić information content (AvgIpc) is 2.61. The van der Waals surface area contributed by atoms with E-state index in [4.69, 9.17) is 4.74 Å². The zero-order valence-corrected chi connectivity index (χ0v) is 13.3. The van der Waals surface area contributed by atoms with E-state index in [1.165, 1.54) is 12.1 Å². The molecule has 2 aromatic carbocycles. The molecule has 5 nitrogen and oxygen atoms in total. The van der Waals surface area contributed by atoms with Crippen molar-refractivity contribution in [3.63, 3.8) is 0 Å². The highest BCUT2D eigenvalue weighted by atomic mass is 19.1. The van der Waals surface area contributed by atoms with Gasteiger partial charge in [0.2, 0.25) is 0 Å². The molecule has 0 heterocycles. The van der Waals surface area contributed by atoms with Crippen LogP contribution in [0, 0.1) is 5.82 Å². The lowest BCUT2D eigenvalue weighted by atomic mass is 10.1. The number of aliphatic hydroxyl groups is 1. The van der Waals surface area contributed by atoms with Crippen molar-refractivity contribution in [2.24, 2.45) is 0 Å². The van der Waals surface area contributed by atoms with Gasteiger partial charge in [0, 0.05) is 13.1 Å². The lowest BCUT2D eigenvalue weighted by Crippen LogP contribution is -2.36. The molecule has 0 fully saturated rings. The minimum absolute atomic E-state index is 0.0554. The summed E-state index contributed by atoms with van der Waals surface area (Å²) < 4.78 is 18.2. The van der Waals surface area contributed by atoms with Crippen LogP contribution in [0.15, 0.2) is 48.5 Å². The highest BCUT2D eigenvalue weighted by molar-refractivity contribution is 5.73. The third kappa shape index (κ3) is 5.89. The Balaban J connectivity index is 1.60. The minimum atomic E-state index is -0.302. The van der Waals surface area contributed by atoms with Gasteiger partial charge in [-0.1, -0.05) is 24.3 Å². The van der Waals surface area contributed by atoms with Crippen LogP contribution >= 0.6 is 0 Å². The first kappa shape index (κ1) is 17.7. The quantitative estimate of drug-likeness (QED) is 0.651. The maximum absolute atomic E-state index is 12.7. The number of urea groups is 1. The van der Waals surface area contributed by atoms with Crippen LogP contribution in [0.3, 0.4) is 0 Å². The van der Waals surface area contributed by atoms with Crippen molar-refractivity contribution in [2.45, 2.75) is 19.6 Å². The van der Waals surface area contributed by atoms with E-state index in [9.17, 15) is 14.3 Å². The molecule has 24 heavy (non-hydrogen) atoms. The molecule has 128 valence electrons. The lowest BCUT2D eigenvalue weighted by molar-refractivity contribution is 0.238. The van der Waals surface area contributed by atoms with E-state index in [1.807, 2.05) is 24.3 Å². The Bertz CT molecular complexity index is 647. The molecule has 0 aliphatic heterocycles. The fourth-order valence-corrected chi connectivity index (χ4v) is 2.12. The molecule has 2 rings (SSSR count). The Hall–Kier alpha value is -2.60. The summed E-state index contributed by atoms with van der Waals surface area (Å²) in [5.41, 5.74) is 1.68. The second kappa shape index (κ2) is 9.52. The summed E-state index contributed by atoms with van der Waals surface area (Å²) in [7, 11) is 0. The monoisotopic (exact) mass is 332 g/mol. The second-order valence-electron chi connectivity index (χ2n) is 5.19. The first-order valence-electron chi connectivity index (χ1n) is 7.77. The Morgan fingerprint density at radius 3 is 2.46 bits per heavy atom. The van der Waals surface area contributed by atoms with Gasteiger partial charge in [-0.3, -0.25) is 0 Å². The van der Waals surface area contributed by atoms with Crippen molar-refractivity contribution < 1.29 is 19.0 Å². The van der Waals surface area contributed by atoms with Crippen LogP contribution in [-0.2, 0) is 13.2 Å². The summed E-state index contributed by atoms with van der Waals surface area (Å²) in [4.78, 5) is 11.7. The van der Waals surface area contributed by atoms with E-state index in [1.54, 1.807) is 12.1 Å². The van der Waals surface area contributed by atoms with Crippen LogP contribution in [0.2, 0.25) is 0 Å². The van der Waals surface area contributed by atoms with Crippen molar-refractivity contribution in [3.8, 4) is 5.75 Å². The normalized spacial score (nSPS) is 10.2. The molecule has 0 aliphatic carbocycles. The topological polar surface area (TPSA) is 70.6 Å². The molecule has 0 spiro atoms. The van der Waals surface area contributed by atoms with Crippen LogP contribution in [0.5, 0.6) is 5.75 Å². The average molecular weight is 332 g/mol. The Kier molecular flexibility index (Phi) is 7.04. The molecule has 0 aliphatic rings. The second-order valence-corrected chi connectivity index (χ2v) is 5.19. The Labute approximate surface area is 140 Å². The maximum atomic E-state index is 12.7. The van der Waals surface area contributed by atoms with Crippen molar-refractivity contribution in [1.29, 1.82) is 0 Å². The largest absolute Gasteiger partial charge is 0.494 e. The number of hydrogen-bond acceptors (Lipinski definition) is 3. The predicted octanol–water partition coefficient (Wildman–Crippen LogP) is 2.59. The van der Waals surface area contributed by atoms with Crippen LogP contribution in [0.4, 0.5) is 9.18 Å². The summed E-state index contributed by atoms with van der Waals surface area (Å²) in [6, 6.07) is 12.9. The van der Waals surface area contributed by atoms with Crippen molar-refractivity contribution in [2.75, 3.05) is 13.2 Å². The highest BCUT2D eigenvalue weighted by Crippen LogP contribution is 2.11. The van der Waals surface area contributed by atoms with Gasteiger partial charge < -0.3 is 20.5 Å². The zero-order valence-electron chi connectivity index (χ0n) is 13.3. The first-order valence-corrected chi connectivity index (χ1v) is 7.77. The van der Waals surface area contributed by atoms with Gasteiger partial charge in [-0.2, -0.15) is 0 Å². The lowest BCUT2D eigenvalue weighted by Gasteiger charge is -2.10. The molecule has 3 N–H and O–H groups in total. The van der Waals surface area contributed by atoms with Crippen molar-refractivity contribution >= 4 is 6.03 Å². The van der Waals surface area contributed by atoms with Gasteiger partial charge in [0.05, 0.1) is 13.2 Å². The number of rotatable bonds is 8. The number of carbonyl (C=O) groups is 1. The smallest absolute Gasteiger partial charge is 0.315 e. The van der Waals surface area contributed by atoms with E-state index in [-0.39, 0.29) is 18.5 Å². The highest BCUT2D eigenvalue weighted by Gasteiger charge is 2.03. The minimum Gasteiger partial charge on any atom is -0.494 e. The van der Waals surface area contributed by atoms with Crippen LogP contribution in [0.25, 0.3) is 0 Å². The summed E-state index contributed by atoms with van der Waals surface area (Å²) in [6.45, 7) is 1.20. The van der Waals surface area contributed by atoms with Gasteiger partial charge in [-0.05, 0) is 41.8 Å². The molecule has 0 bridgehead atoms. The SMILES string of the molecule is O=C(NCCCOc1ccc(F)cc1)NCc1ccccc1CO. The molecule has 0 unspecified atom stereocenters. The molecule has 0 atom stereocenters. The molecular weight excluding hydrogens is 311 g/mol. The van der Waals surface area contributed by atoms with Gasteiger partial charge in [0.1, 0.15) is 11.6 Å². The van der Waals surface area contributed by atoms with Gasteiger partial charge in [-0.15, -0.1) is 0 Å². The van der Waals surface area contributed by atoms with E-state index in [0.717, 1.165) is 11.1 Å². The molecule has 0 saturated heterocycles. The van der Waals surface area contributed by atoms with Crippen LogP contribution < -0.4 is 15.4 Å². The van der Waals surface area contributed by atoms with Crippen LogP contribution in [0.1, 0.15) is 17.5 Å². The molecule has 0 radical (unpaired) electrons. The Morgan fingerprint density at radius 1 is 1.04 bits per heavy atom. The zero-order chi connectivity index (χ0) is 17.2. The number of halogens is 1. The fourth-order valence-electron chi connectivity index (χ4n) is 2.12. The molecule has 2 amide bonds. The van der Waals surface area contributed by atoms with E-state index >= 15 is 0 Å². The summed E-state index contributed by atoms with van der Waals surface area (Å²) in [5, 5.41) is 14.7. The first-order chi connectivity index (χ1) is 11.7. The number of aliphatic hydroxyl groups excluding tert-OH is 1. The van der Waals surface area contributed by atoms with E-state index in [2.05, 4.69) is 10.6 Å². The van der Waals surface area contributed by atoms with Crippen LogP contribution in [-0.4, -0.2) is 24.3 Å². The molecule has 0 saturated carbocycles. The van der Waals surface area contributed by atoms with Gasteiger partial charge in [0.15, 0.2) is 0 Å². The predicted molar refractivity (Wildman–Crippen MR) is 89.1 cm³/mol.